The van der Waals surface area contributed by atoms with Crippen molar-refractivity contribution in [1.29, 1.82) is 0 Å². The van der Waals surface area contributed by atoms with Crippen LogP contribution in [0.2, 0.25) is 0 Å². The number of hydrogen-bond donors (Lipinski definition) is 1. The molecule has 0 bridgehead atoms. The third-order valence-electron chi connectivity index (χ3n) is 2.12. The Labute approximate surface area is 309 Å². The van der Waals surface area contributed by atoms with Crippen LogP contribution in [-0.4, -0.2) is 14.7 Å². The van der Waals surface area contributed by atoms with Crippen LogP contribution in [0.25, 0.3) is 0 Å². The molecule has 0 radical (unpaired) electrons. The Morgan fingerprint density at radius 1 is 0.545 bits per heavy atom. The van der Waals surface area contributed by atoms with Crippen molar-refractivity contribution in [2.75, 3.05) is 0 Å². The topological polar surface area (TPSA) is 37.3 Å². The highest BCUT2D eigenvalue weighted by Gasteiger charge is 2.73. The van der Waals surface area contributed by atoms with Gasteiger partial charge in [-0.2, -0.15) is 0 Å². The second kappa shape index (κ2) is 11.4. The summed E-state index contributed by atoms with van der Waals surface area (Å²) in [7, 11) is 0. The lowest BCUT2D eigenvalue weighted by Crippen LogP contribution is -2.63. The Kier molecular flexibility index (Phi) is 16.3. The highest BCUT2D eigenvalue weighted by atomic mass is 127. The number of hydrogen-bond acceptors (Lipinski definition) is 1. The predicted octanol–water partition coefficient (Wildman–Crippen LogP) is 9.96. The minimum Gasteiger partial charge on any atom is -0.304 e. The van der Waals surface area contributed by atoms with Crippen LogP contribution in [0.4, 0.5) is 0 Å². The van der Waals surface area contributed by atoms with Gasteiger partial charge in [0.05, 0.1) is 0 Å². The van der Waals surface area contributed by atoms with Gasteiger partial charge in [-0.05, 0) is 45.2 Å². The molecular formula is C6HI13O2S. The van der Waals surface area contributed by atoms with Gasteiger partial charge < -0.3 is 4.55 Å². The van der Waals surface area contributed by atoms with Crippen molar-refractivity contribution in [1.82, 2.24) is 0 Å². The van der Waals surface area contributed by atoms with Gasteiger partial charge in [-0.15, -0.1) is 0 Å². The number of halogens is 13. The molecule has 134 valence electrons. The van der Waals surface area contributed by atoms with Crippen molar-refractivity contribution >= 4 is 305 Å². The van der Waals surface area contributed by atoms with E-state index < -0.39 is 13.3 Å². The molecule has 2 nitrogen and oxygen atoms in total. The third kappa shape index (κ3) is 6.59. The normalized spacial score (nSPS) is 17.5. The lowest BCUT2D eigenvalue weighted by molar-refractivity contribution is 0.557. The maximum Gasteiger partial charge on any atom is 0.198 e. The first-order chi connectivity index (χ1) is 9.19. The molecule has 0 aromatic carbocycles. The lowest BCUT2D eigenvalue weighted by atomic mass is 10.2. The van der Waals surface area contributed by atoms with E-state index in [-0.39, 0.29) is 3.72 Å². The van der Waals surface area contributed by atoms with Crippen LogP contribution in [0.5, 0.6) is 0 Å². The molecule has 16 heteroatoms. The summed E-state index contributed by atoms with van der Waals surface area (Å²) in [6.07, 6.45) is 0. The average Bonchev–Trinajstić information content (AvgIpc) is 2.25. The fraction of sp³-hybridized carbons (Fsp3) is 1.00. The molecule has 0 aliphatic carbocycles. The average molecular weight is 1790 g/mol. The first kappa shape index (κ1) is 31.6. The SMILES string of the molecule is O=S(O)C(I)(I)C(I)(I)C(I)(I)C(I)(I)C(I)(I)C(I)(I)I. The van der Waals surface area contributed by atoms with Crippen LogP contribution in [0, 0.1) is 0 Å². The number of alkyl halides is 13. The van der Waals surface area contributed by atoms with Crippen molar-refractivity contribution in [3.8, 4) is 0 Å². The first-order valence-corrected chi connectivity index (χ1v) is 19.4. The Bertz CT molecular complexity index is 452. The Morgan fingerprint density at radius 3 is 1.05 bits per heavy atom. The lowest BCUT2D eigenvalue weighted by Gasteiger charge is -2.53. The van der Waals surface area contributed by atoms with E-state index in [0.717, 1.165) is 0 Å². The molecule has 0 saturated carbocycles. The van der Waals surface area contributed by atoms with Crippen molar-refractivity contribution in [2.45, 2.75) is 5.91 Å². The van der Waals surface area contributed by atoms with Crippen LogP contribution in [0.15, 0.2) is 0 Å². The minimum atomic E-state index is -1.94. The summed E-state index contributed by atoms with van der Waals surface area (Å²) < 4.78 is 19.9. The highest BCUT2D eigenvalue weighted by molar-refractivity contribution is 14.3. The van der Waals surface area contributed by atoms with Gasteiger partial charge in [0, 0.05) is 0 Å². The molecule has 0 rings (SSSR count). The van der Waals surface area contributed by atoms with E-state index in [2.05, 4.69) is 294 Å². The first-order valence-electron chi connectivity index (χ1n) is 4.26. The summed E-state index contributed by atoms with van der Waals surface area (Å²) in [5.41, 5.74) is 0. The summed E-state index contributed by atoms with van der Waals surface area (Å²) in [5, 5.41) is 0. The Hall–Kier alpha value is 9.60. The highest BCUT2D eigenvalue weighted by Crippen LogP contribution is 2.76. The molecule has 1 atom stereocenters. The van der Waals surface area contributed by atoms with E-state index in [4.69, 9.17) is 0 Å². The molecule has 0 aromatic heterocycles. The summed E-state index contributed by atoms with van der Waals surface area (Å²) in [6, 6.07) is 0. The van der Waals surface area contributed by atoms with Crippen molar-refractivity contribution in [3.63, 3.8) is 0 Å². The molecule has 0 amide bonds. The molecule has 1 N–H and O–H groups in total. The van der Waals surface area contributed by atoms with E-state index in [1.54, 1.807) is 0 Å². The summed E-state index contributed by atoms with van der Waals surface area (Å²) in [5.74, 6) is 0. The van der Waals surface area contributed by atoms with Gasteiger partial charge in [0.1, 0.15) is 5.15 Å². The second-order valence-electron chi connectivity index (χ2n) is 3.56. The van der Waals surface area contributed by atoms with Gasteiger partial charge in [0.2, 0.25) is 0 Å². The molecule has 0 spiro atoms. The van der Waals surface area contributed by atoms with Crippen LogP contribution in [0.3, 0.4) is 0 Å². The third-order valence-corrected chi connectivity index (χ3v) is 45.6. The predicted molar refractivity (Wildman–Crippen MR) is 209 cm³/mol. The van der Waals surface area contributed by atoms with E-state index in [1.165, 1.54) is 0 Å². The summed E-state index contributed by atoms with van der Waals surface area (Å²) in [4.78, 5) is 0. The zero-order chi connectivity index (χ0) is 18.6. The van der Waals surface area contributed by atoms with E-state index >= 15 is 0 Å². The van der Waals surface area contributed by atoms with Crippen LogP contribution >= 0.6 is 294 Å². The van der Waals surface area contributed by atoms with Gasteiger partial charge in [0.25, 0.3) is 0 Å². The standard InChI is InChI=1S/C6HI13O2S/c7-1(8,3(11,12)5(15,16)17)2(9,10)4(13,14)6(18,19)22(20)21/h(H,20,21). The fourth-order valence-corrected chi connectivity index (χ4v) is 18.9. The van der Waals surface area contributed by atoms with Crippen LogP contribution in [0.1, 0.15) is 0 Å². The quantitative estimate of drug-likeness (QED) is 0.164. The summed E-state index contributed by atoms with van der Waals surface area (Å²) >= 11 is 29.4. The molecule has 0 aliphatic heterocycles. The summed E-state index contributed by atoms with van der Waals surface area (Å²) in [6.45, 7) is 0. The second-order valence-corrected chi connectivity index (χ2v) is 43.7. The smallest absolute Gasteiger partial charge is 0.198 e. The minimum absolute atomic E-state index is 0.0215. The van der Waals surface area contributed by atoms with Crippen molar-refractivity contribution in [3.05, 3.63) is 0 Å². The van der Waals surface area contributed by atoms with Gasteiger partial charge >= 0.3 is 0 Å². The molecule has 0 fully saturated rings. The molecule has 1 unspecified atom stereocenters. The van der Waals surface area contributed by atoms with Crippen molar-refractivity contribution < 1.29 is 8.76 Å². The van der Waals surface area contributed by atoms with E-state index in [9.17, 15) is 8.76 Å². The van der Waals surface area contributed by atoms with Gasteiger partial charge in [0.15, 0.2) is 11.8 Å². The maximum absolute atomic E-state index is 12.0. The fourth-order valence-electron chi connectivity index (χ4n) is 0.865. The molecule has 0 saturated heterocycles. The zero-order valence-corrected chi connectivity index (χ0v) is 38.0. The largest absolute Gasteiger partial charge is 0.304 e. The van der Waals surface area contributed by atoms with Gasteiger partial charge in [-0.25, -0.2) is 4.21 Å². The molecule has 0 heterocycles. The van der Waals surface area contributed by atoms with Gasteiger partial charge in [-0.3, -0.25) is 0 Å². The van der Waals surface area contributed by atoms with E-state index in [1.807, 2.05) is 0 Å². The monoisotopic (exact) mass is 1790 g/mol. The molecule has 22 heavy (non-hydrogen) atoms. The van der Waals surface area contributed by atoms with E-state index in [0.29, 0.717) is 0 Å². The molecule has 0 aromatic rings. The Morgan fingerprint density at radius 2 is 0.818 bits per heavy atom. The van der Waals surface area contributed by atoms with Crippen molar-refractivity contribution in [2.24, 2.45) is 0 Å². The maximum atomic E-state index is 12.0. The number of rotatable bonds is 6. The molecular weight excluding hydrogens is 1790 g/mol. The van der Waals surface area contributed by atoms with Gasteiger partial charge in [-0.1, -0.05) is 248 Å². The zero-order valence-electron chi connectivity index (χ0n) is 9.18. The molecule has 0 aliphatic rings. The van der Waals surface area contributed by atoms with Crippen LogP contribution in [-0.2, 0) is 11.1 Å². The van der Waals surface area contributed by atoms with Crippen LogP contribution < -0.4 is 0 Å². The Balaban J connectivity index is 6.29.